The summed E-state index contributed by atoms with van der Waals surface area (Å²) < 4.78 is 16.0. The number of hydrogen-bond donors (Lipinski definition) is 2. The van der Waals surface area contributed by atoms with Gasteiger partial charge >= 0.3 is 5.97 Å². The Morgan fingerprint density at radius 1 is 1.07 bits per heavy atom. The van der Waals surface area contributed by atoms with E-state index in [1.807, 2.05) is 25.1 Å². The Balaban J connectivity index is 1.48. The van der Waals surface area contributed by atoms with Crippen LogP contribution in [0.25, 0.3) is 0 Å². The van der Waals surface area contributed by atoms with Crippen LogP contribution in [0.4, 0.5) is 5.69 Å². The van der Waals surface area contributed by atoms with Gasteiger partial charge in [0.1, 0.15) is 25.4 Å². The highest BCUT2D eigenvalue weighted by Gasteiger charge is 2.15. The molecule has 1 aliphatic rings. The van der Waals surface area contributed by atoms with E-state index in [0.29, 0.717) is 23.6 Å². The van der Waals surface area contributed by atoms with Gasteiger partial charge in [-0.1, -0.05) is 24.3 Å². The third kappa shape index (κ3) is 6.30. The Morgan fingerprint density at radius 3 is 2.52 bits per heavy atom. The minimum atomic E-state index is -0.525. The summed E-state index contributed by atoms with van der Waals surface area (Å²) in [5.74, 6) is -0.366. The summed E-state index contributed by atoms with van der Waals surface area (Å²) in [4.78, 5) is 25.8. The lowest BCUT2D eigenvalue weighted by Crippen LogP contribution is -3.12. The molecule has 3 rings (SSSR count). The molecular formula is C22H27N2O5+. The molecule has 2 N–H and O–H groups in total. The molecule has 2 aromatic carbocycles. The van der Waals surface area contributed by atoms with E-state index in [9.17, 15) is 9.59 Å². The summed E-state index contributed by atoms with van der Waals surface area (Å²) in [6.45, 7) is 6.46. The van der Waals surface area contributed by atoms with Crippen molar-refractivity contribution in [1.29, 1.82) is 0 Å². The average molecular weight is 399 g/mol. The van der Waals surface area contributed by atoms with Crippen molar-refractivity contribution >= 4 is 17.6 Å². The molecule has 0 atom stereocenters. The third-order valence-corrected chi connectivity index (χ3v) is 4.64. The van der Waals surface area contributed by atoms with Gasteiger partial charge in [0.15, 0.2) is 6.61 Å². The largest absolute Gasteiger partial charge is 0.492 e. The summed E-state index contributed by atoms with van der Waals surface area (Å²) in [5, 5.41) is 2.70. The molecule has 154 valence electrons. The number of ether oxygens (including phenoxy) is 3. The van der Waals surface area contributed by atoms with Crippen molar-refractivity contribution in [3.63, 3.8) is 0 Å². The zero-order valence-corrected chi connectivity index (χ0v) is 16.6. The molecule has 1 amide bonds. The van der Waals surface area contributed by atoms with Crippen LogP contribution >= 0.6 is 0 Å². The van der Waals surface area contributed by atoms with Gasteiger partial charge in [-0.25, -0.2) is 4.79 Å². The number of carbonyl (C=O) groups is 2. The number of amides is 1. The van der Waals surface area contributed by atoms with Crippen LogP contribution in [0.3, 0.4) is 0 Å². The molecule has 0 aliphatic carbocycles. The predicted molar refractivity (Wildman–Crippen MR) is 108 cm³/mol. The molecule has 2 aromatic rings. The van der Waals surface area contributed by atoms with Crippen molar-refractivity contribution < 1.29 is 28.7 Å². The number of morpholine rings is 1. The van der Waals surface area contributed by atoms with Gasteiger partial charge in [0.25, 0.3) is 5.91 Å². The second-order valence-electron chi connectivity index (χ2n) is 6.79. The molecular weight excluding hydrogens is 372 g/mol. The van der Waals surface area contributed by atoms with Gasteiger partial charge in [-0.15, -0.1) is 0 Å². The van der Waals surface area contributed by atoms with Gasteiger partial charge in [0.2, 0.25) is 0 Å². The first-order chi connectivity index (χ1) is 14.2. The van der Waals surface area contributed by atoms with Crippen LogP contribution in [-0.4, -0.2) is 51.4 Å². The van der Waals surface area contributed by atoms with Crippen molar-refractivity contribution in [2.75, 3.05) is 44.8 Å². The van der Waals surface area contributed by atoms with Crippen LogP contribution in [0, 0.1) is 0 Å². The Bertz CT molecular complexity index is 816. The van der Waals surface area contributed by atoms with E-state index in [1.54, 1.807) is 30.3 Å². The summed E-state index contributed by atoms with van der Waals surface area (Å²) in [6.07, 6.45) is 0. The number of esters is 1. The van der Waals surface area contributed by atoms with E-state index in [1.165, 1.54) is 4.90 Å². The molecule has 0 aromatic heterocycles. The first kappa shape index (κ1) is 20.8. The number of hydrogen-bond acceptors (Lipinski definition) is 5. The molecule has 1 heterocycles. The average Bonchev–Trinajstić information content (AvgIpc) is 2.75. The smallest absolute Gasteiger partial charge is 0.338 e. The Hall–Kier alpha value is -2.90. The van der Waals surface area contributed by atoms with Gasteiger partial charge in [-0.2, -0.15) is 0 Å². The number of anilines is 1. The van der Waals surface area contributed by atoms with Gasteiger partial charge in [0, 0.05) is 5.56 Å². The molecule has 0 unspecified atom stereocenters. The second kappa shape index (κ2) is 10.6. The number of benzene rings is 2. The highest BCUT2D eigenvalue weighted by Crippen LogP contribution is 2.23. The SMILES string of the molecule is CCOc1ccccc1NC(=O)COC(=O)c1ccc(C[NH+]2CCOCC2)cc1. The molecule has 7 nitrogen and oxygen atoms in total. The van der Waals surface area contributed by atoms with Crippen LogP contribution in [0.2, 0.25) is 0 Å². The Morgan fingerprint density at radius 2 is 1.79 bits per heavy atom. The highest BCUT2D eigenvalue weighted by molar-refractivity contribution is 5.96. The number of para-hydroxylation sites is 2. The first-order valence-corrected chi connectivity index (χ1v) is 9.84. The summed E-state index contributed by atoms with van der Waals surface area (Å²) in [5.41, 5.74) is 2.13. The number of carbonyl (C=O) groups excluding carboxylic acids is 2. The van der Waals surface area contributed by atoms with E-state index in [-0.39, 0.29) is 6.61 Å². The molecule has 0 bridgehead atoms. The molecule has 0 spiro atoms. The summed E-state index contributed by atoms with van der Waals surface area (Å²) >= 11 is 0. The zero-order chi connectivity index (χ0) is 20.5. The van der Waals surface area contributed by atoms with Gasteiger partial charge in [-0.3, -0.25) is 4.79 Å². The monoisotopic (exact) mass is 399 g/mol. The lowest BCUT2D eigenvalue weighted by molar-refractivity contribution is -0.921. The second-order valence-corrected chi connectivity index (χ2v) is 6.79. The van der Waals surface area contributed by atoms with Gasteiger partial charge in [-0.05, 0) is 31.2 Å². The summed E-state index contributed by atoms with van der Waals surface area (Å²) in [7, 11) is 0. The maximum atomic E-state index is 12.2. The maximum Gasteiger partial charge on any atom is 0.338 e. The fourth-order valence-electron chi connectivity index (χ4n) is 3.14. The number of quaternary nitrogens is 1. The lowest BCUT2D eigenvalue weighted by Gasteiger charge is -2.23. The standard InChI is InChI=1S/C22H26N2O5/c1-2-28-20-6-4-3-5-19(20)23-21(25)16-29-22(26)18-9-7-17(8-10-18)15-24-11-13-27-14-12-24/h3-10H,2,11-16H2,1H3,(H,23,25)/p+1. The molecule has 0 radical (unpaired) electrons. The van der Waals surface area contributed by atoms with Crippen molar-refractivity contribution in [1.82, 2.24) is 0 Å². The molecule has 1 aliphatic heterocycles. The van der Waals surface area contributed by atoms with E-state index in [0.717, 1.165) is 38.4 Å². The minimum Gasteiger partial charge on any atom is -0.492 e. The van der Waals surface area contributed by atoms with Crippen molar-refractivity contribution in [2.45, 2.75) is 13.5 Å². The van der Waals surface area contributed by atoms with Crippen molar-refractivity contribution in [2.24, 2.45) is 0 Å². The Labute approximate surface area is 170 Å². The number of nitrogens with one attached hydrogen (secondary N) is 2. The quantitative estimate of drug-likeness (QED) is 0.654. The topological polar surface area (TPSA) is 78.3 Å². The zero-order valence-electron chi connectivity index (χ0n) is 16.6. The Kier molecular flexibility index (Phi) is 7.61. The van der Waals surface area contributed by atoms with Crippen molar-refractivity contribution in [3.8, 4) is 5.75 Å². The van der Waals surface area contributed by atoms with E-state index in [2.05, 4.69) is 5.32 Å². The van der Waals surface area contributed by atoms with E-state index < -0.39 is 11.9 Å². The van der Waals surface area contributed by atoms with Gasteiger partial charge in [0.05, 0.1) is 31.1 Å². The summed E-state index contributed by atoms with van der Waals surface area (Å²) in [6, 6.07) is 14.5. The molecule has 29 heavy (non-hydrogen) atoms. The fourth-order valence-corrected chi connectivity index (χ4v) is 3.14. The molecule has 1 fully saturated rings. The van der Waals surface area contributed by atoms with Crippen LogP contribution in [0.5, 0.6) is 5.75 Å². The minimum absolute atomic E-state index is 0.362. The third-order valence-electron chi connectivity index (χ3n) is 4.64. The molecule has 7 heteroatoms. The van der Waals surface area contributed by atoms with Crippen LogP contribution < -0.4 is 15.0 Å². The van der Waals surface area contributed by atoms with E-state index in [4.69, 9.17) is 14.2 Å². The lowest BCUT2D eigenvalue weighted by atomic mass is 10.1. The van der Waals surface area contributed by atoms with Crippen molar-refractivity contribution in [3.05, 3.63) is 59.7 Å². The van der Waals surface area contributed by atoms with E-state index >= 15 is 0 Å². The fraction of sp³-hybridized carbons (Fsp3) is 0.364. The van der Waals surface area contributed by atoms with Crippen LogP contribution in [0.1, 0.15) is 22.8 Å². The van der Waals surface area contributed by atoms with Crippen LogP contribution in [-0.2, 0) is 20.8 Å². The molecule has 1 saturated heterocycles. The van der Waals surface area contributed by atoms with Crippen LogP contribution in [0.15, 0.2) is 48.5 Å². The number of rotatable bonds is 8. The molecule has 0 saturated carbocycles. The first-order valence-electron chi connectivity index (χ1n) is 9.84. The maximum absolute atomic E-state index is 12.2. The highest BCUT2D eigenvalue weighted by atomic mass is 16.5. The normalized spacial score (nSPS) is 14.2. The predicted octanol–water partition coefficient (Wildman–Crippen LogP) is 1.30. The van der Waals surface area contributed by atoms with Gasteiger partial charge < -0.3 is 24.4 Å².